The predicted molar refractivity (Wildman–Crippen MR) is 141 cm³/mol. The van der Waals surface area contributed by atoms with Gasteiger partial charge < -0.3 is 15.2 Å². The van der Waals surface area contributed by atoms with Gasteiger partial charge in [-0.05, 0) is 74.3 Å². The van der Waals surface area contributed by atoms with Gasteiger partial charge in [-0.15, -0.1) is 0 Å². The quantitative estimate of drug-likeness (QED) is 0.349. The third kappa shape index (κ3) is 4.40. The van der Waals surface area contributed by atoms with E-state index in [1.807, 2.05) is 53.1 Å². The van der Waals surface area contributed by atoms with Crippen LogP contribution in [0.2, 0.25) is 0 Å². The monoisotopic (exact) mass is 484 g/mol. The van der Waals surface area contributed by atoms with Crippen LogP contribution in [0.5, 0.6) is 0 Å². The van der Waals surface area contributed by atoms with Gasteiger partial charge in [-0.25, -0.2) is 14.2 Å². The molecule has 5 aromatic rings. The number of imidazole rings is 2. The molecule has 2 N–H and O–H groups in total. The fourth-order valence-corrected chi connectivity index (χ4v) is 5.24. The molecule has 0 amide bonds. The van der Waals surface area contributed by atoms with Crippen molar-refractivity contribution in [2.24, 2.45) is 0 Å². The minimum absolute atomic E-state index is 0.0387. The standard InChI is InChI=1S/C28H29FN6O/c29-20-10-12-22(13-11-20)35-26-9-4-2-7-24(26)31-27(35)30-21-14-18-33(19-15-21)16-5-17-34-25-8-3-1-6-23(25)32-28(34)36/h1-4,6-13,21H,5,14-19H2,(H,30,31)(H,32,36). The summed E-state index contributed by atoms with van der Waals surface area (Å²) in [5.41, 5.74) is 4.61. The van der Waals surface area contributed by atoms with Crippen molar-refractivity contribution in [2.45, 2.75) is 31.8 Å². The number of para-hydroxylation sites is 4. The Morgan fingerprint density at radius 1 is 0.917 bits per heavy atom. The first-order valence-electron chi connectivity index (χ1n) is 12.6. The van der Waals surface area contributed by atoms with Crippen LogP contribution in [0.15, 0.2) is 77.6 Å². The molecule has 0 bridgehead atoms. The van der Waals surface area contributed by atoms with Gasteiger partial charge in [-0.2, -0.15) is 0 Å². The highest BCUT2D eigenvalue weighted by Gasteiger charge is 2.22. The van der Waals surface area contributed by atoms with Crippen LogP contribution in [-0.2, 0) is 6.54 Å². The van der Waals surface area contributed by atoms with E-state index in [4.69, 9.17) is 4.98 Å². The summed E-state index contributed by atoms with van der Waals surface area (Å²) < 4.78 is 17.5. The molecule has 0 radical (unpaired) electrons. The molecule has 0 unspecified atom stereocenters. The molecule has 1 fully saturated rings. The van der Waals surface area contributed by atoms with Crippen LogP contribution >= 0.6 is 0 Å². The van der Waals surface area contributed by atoms with E-state index in [0.29, 0.717) is 12.6 Å². The number of nitrogens with zero attached hydrogens (tertiary/aromatic N) is 4. The Bertz CT molecular complexity index is 1540. The number of anilines is 1. The lowest BCUT2D eigenvalue weighted by molar-refractivity contribution is 0.213. The summed E-state index contributed by atoms with van der Waals surface area (Å²) in [6, 6.07) is 22.7. The Hall–Kier alpha value is -3.91. The zero-order chi connectivity index (χ0) is 24.5. The summed E-state index contributed by atoms with van der Waals surface area (Å²) in [4.78, 5) is 22.6. The van der Waals surface area contributed by atoms with E-state index in [0.717, 1.165) is 72.6 Å². The Morgan fingerprint density at radius 2 is 1.64 bits per heavy atom. The zero-order valence-electron chi connectivity index (χ0n) is 20.0. The first-order valence-corrected chi connectivity index (χ1v) is 12.6. The molecule has 1 saturated heterocycles. The van der Waals surface area contributed by atoms with Crippen LogP contribution in [0.25, 0.3) is 27.8 Å². The molecule has 0 aliphatic carbocycles. The molecule has 3 aromatic carbocycles. The number of hydrogen-bond donors (Lipinski definition) is 2. The Balaban J connectivity index is 1.09. The van der Waals surface area contributed by atoms with Gasteiger partial charge in [0.05, 0.1) is 22.1 Å². The van der Waals surface area contributed by atoms with Gasteiger partial charge in [0.15, 0.2) is 0 Å². The SMILES string of the molecule is O=c1[nH]c2ccccc2n1CCCN1CCC(Nc2nc3ccccc3n2-c2ccc(F)cc2)CC1. The number of benzene rings is 3. The molecule has 0 spiro atoms. The minimum atomic E-state index is -0.250. The van der Waals surface area contributed by atoms with Gasteiger partial charge >= 0.3 is 5.69 Å². The summed E-state index contributed by atoms with van der Waals surface area (Å²) in [7, 11) is 0. The van der Waals surface area contributed by atoms with Crippen molar-refractivity contribution >= 4 is 28.0 Å². The summed E-state index contributed by atoms with van der Waals surface area (Å²) in [6.07, 6.45) is 2.96. The molecule has 3 heterocycles. The van der Waals surface area contributed by atoms with Crippen molar-refractivity contribution in [3.63, 3.8) is 0 Å². The van der Waals surface area contributed by atoms with E-state index in [9.17, 15) is 9.18 Å². The second kappa shape index (κ2) is 9.62. The Labute approximate surface area is 208 Å². The minimum Gasteiger partial charge on any atom is -0.352 e. The molecule has 7 nitrogen and oxygen atoms in total. The number of aryl methyl sites for hydroxylation is 1. The fraction of sp³-hybridized carbons (Fsp3) is 0.286. The Kier molecular flexibility index (Phi) is 6.03. The second-order valence-electron chi connectivity index (χ2n) is 9.45. The van der Waals surface area contributed by atoms with Gasteiger partial charge in [0.25, 0.3) is 0 Å². The van der Waals surface area contributed by atoms with E-state index >= 15 is 0 Å². The molecule has 36 heavy (non-hydrogen) atoms. The summed E-state index contributed by atoms with van der Waals surface area (Å²) in [6.45, 7) is 3.67. The third-order valence-corrected chi connectivity index (χ3v) is 7.10. The van der Waals surface area contributed by atoms with E-state index in [2.05, 4.69) is 19.8 Å². The van der Waals surface area contributed by atoms with Gasteiger partial charge in [-0.1, -0.05) is 24.3 Å². The largest absolute Gasteiger partial charge is 0.352 e. The van der Waals surface area contributed by atoms with Crippen molar-refractivity contribution < 1.29 is 4.39 Å². The van der Waals surface area contributed by atoms with Crippen LogP contribution in [-0.4, -0.2) is 49.7 Å². The van der Waals surface area contributed by atoms with Crippen LogP contribution in [0.3, 0.4) is 0 Å². The summed E-state index contributed by atoms with van der Waals surface area (Å²) >= 11 is 0. The topological polar surface area (TPSA) is 70.9 Å². The van der Waals surface area contributed by atoms with Crippen LogP contribution in [0.1, 0.15) is 19.3 Å². The highest BCUT2D eigenvalue weighted by atomic mass is 19.1. The summed E-state index contributed by atoms with van der Waals surface area (Å²) in [5, 5.41) is 3.66. The molecule has 184 valence electrons. The van der Waals surface area contributed by atoms with Crippen LogP contribution in [0, 0.1) is 5.82 Å². The van der Waals surface area contributed by atoms with Crippen LogP contribution < -0.4 is 11.0 Å². The number of hydrogen-bond acceptors (Lipinski definition) is 4. The van der Waals surface area contributed by atoms with Gasteiger partial charge in [-0.3, -0.25) is 9.13 Å². The van der Waals surface area contributed by atoms with Crippen molar-refractivity contribution in [3.05, 3.63) is 89.1 Å². The average molecular weight is 485 g/mol. The smallest absolute Gasteiger partial charge is 0.326 e. The maximum atomic E-state index is 13.5. The highest BCUT2D eigenvalue weighted by Crippen LogP contribution is 2.26. The molecule has 8 heteroatoms. The second-order valence-corrected chi connectivity index (χ2v) is 9.45. The van der Waals surface area contributed by atoms with E-state index in [-0.39, 0.29) is 11.5 Å². The summed E-state index contributed by atoms with van der Waals surface area (Å²) in [5.74, 6) is 0.541. The predicted octanol–water partition coefficient (Wildman–Crippen LogP) is 4.77. The highest BCUT2D eigenvalue weighted by molar-refractivity contribution is 5.81. The maximum absolute atomic E-state index is 13.5. The number of halogens is 1. The number of aromatic nitrogens is 4. The normalized spacial score (nSPS) is 15.1. The molecule has 1 aliphatic heterocycles. The Morgan fingerprint density at radius 3 is 2.44 bits per heavy atom. The van der Waals surface area contributed by atoms with Crippen molar-refractivity contribution in [1.82, 2.24) is 24.0 Å². The molecule has 0 saturated carbocycles. The number of piperidine rings is 1. The zero-order valence-corrected chi connectivity index (χ0v) is 20.0. The number of H-pyrrole nitrogens is 1. The van der Waals surface area contributed by atoms with Gasteiger partial charge in [0.2, 0.25) is 5.95 Å². The number of fused-ring (bicyclic) bond motifs is 2. The van der Waals surface area contributed by atoms with Crippen molar-refractivity contribution in [2.75, 3.05) is 25.0 Å². The van der Waals surface area contributed by atoms with E-state index < -0.39 is 0 Å². The molecular weight excluding hydrogens is 455 g/mol. The number of likely N-dealkylation sites (tertiary alicyclic amines) is 1. The lowest BCUT2D eigenvalue weighted by atomic mass is 10.1. The van der Waals surface area contributed by atoms with E-state index in [1.165, 1.54) is 12.1 Å². The molecule has 2 aromatic heterocycles. The molecule has 0 atom stereocenters. The number of rotatable bonds is 7. The number of nitrogens with one attached hydrogen (secondary N) is 2. The van der Waals surface area contributed by atoms with Crippen molar-refractivity contribution in [1.29, 1.82) is 0 Å². The number of aromatic amines is 1. The van der Waals surface area contributed by atoms with Gasteiger partial charge in [0.1, 0.15) is 5.82 Å². The lowest BCUT2D eigenvalue weighted by Gasteiger charge is -2.32. The lowest BCUT2D eigenvalue weighted by Crippen LogP contribution is -2.40. The fourth-order valence-electron chi connectivity index (χ4n) is 5.24. The average Bonchev–Trinajstić information content (AvgIpc) is 3.42. The van der Waals surface area contributed by atoms with Gasteiger partial charge in [0, 0.05) is 31.4 Å². The first-order chi connectivity index (χ1) is 17.7. The van der Waals surface area contributed by atoms with E-state index in [1.54, 1.807) is 12.1 Å². The van der Waals surface area contributed by atoms with Crippen LogP contribution in [0.4, 0.5) is 10.3 Å². The maximum Gasteiger partial charge on any atom is 0.326 e. The molecular formula is C28H29FN6O. The third-order valence-electron chi connectivity index (χ3n) is 7.10. The molecule has 1 aliphatic rings. The first kappa shape index (κ1) is 22.5. The van der Waals surface area contributed by atoms with Crippen molar-refractivity contribution in [3.8, 4) is 5.69 Å². The molecule has 6 rings (SSSR count).